The van der Waals surface area contributed by atoms with Crippen molar-refractivity contribution in [3.05, 3.63) is 35.1 Å². The third-order valence-corrected chi connectivity index (χ3v) is 4.48. The highest BCUT2D eigenvalue weighted by Gasteiger charge is 2.42. The van der Waals surface area contributed by atoms with E-state index in [9.17, 15) is 4.39 Å². The molecule has 1 fully saturated rings. The Hall–Kier alpha value is -0.930. The molecule has 2 nitrogen and oxygen atoms in total. The zero-order chi connectivity index (χ0) is 13.3. The van der Waals surface area contributed by atoms with Gasteiger partial charge in [-0.15, -0.1) is 0 Å². The maximum absolute atomic E-state index is 13.3. The van der Waals surface area contributed by atoms with Gasteiger partial charge in [-0.2, -0.15) is 0 Å². The molecule has 0 heterocycles. The largest absolute Gasteiger partial charge is 0.322 e. The number of benzene rings is 1. The lowest BCUT2D eigenvalue weighted by atomic mass is 9.82. The molecule has 0 aromatic heterocycles. The van der Waals surface area contributed by atoms with Gasteiger partial charge in [-0.1, -0.05) is 25.0 Å². The lowest BCUT2D eigenvalue weighted by molar-refractivity contribution is 0.123. The number of halogens is 1. The van der Waals surface area contributed by atoms with E-state index in [1.807, 2.05) is 12.1 Å². The van der Waals surface area contributed by atoms with E-state index in [2.05, 4.69) is 19.0 Å². The van der Waals surface area contributed by atoms with Crippen LogP contribution < -0.4 is 5.73 Å². The molecule has 3 heteroatoms. The predicted octanol–water partition coefficient (Wildman–Crippen LogP) is 3.01. The van der Waals surface area contributed by atoms with Crippen LogP contribution in [-0.2, 0) is 0 Å². The zero-order valence-electron chi connectivity index (χ0n) is 11.5. The summed E-state index contributed by atoms with van der Waals surface area (Å²) in [5.74, 6) is -0.156. The van der Waals surface area contributed by atoms with Crippen molar-refractivity contribution >= 4 is 0 Å². The average Bonchev–Trinajstić information content (AvgIpc) is 2.82. The molecule has 2 N–H and O–H groups in total. The SMILES string of the molecule is Cc1cc(C(N)C2(N(C)C)CCCC2)ccc1F. The van der Waals surface area contributed by atoms with Crippen LogP contribution in [0.2, 0.25) is 0 Å². The number of likely N-dealkylation sites (N-methyl/N-ethyl adjacent to an activating group) is 1. The number of hydrogen-bond donors (Lipinski definition) is 1. The van der Waals surface area contributed by atoms with Crippen molar-refractivity contribution in [2.24, 2.45) is 5.73 Å². The maximum Gasteiger partial charge on any atom is 0.126 e. The molecule has 0 amide bonds. The summed E-state index contributed by atoms with van der Waals surface area (Å²) in [6.07, 6.45) is 4.70. The third-order valence-electron chi connectivity index (χ3n) is 4.48. The molecule has 100 valence electrons. The summed E-state index contributed by atoms with van der Waals surface area (Å²) in [5.41, 5.74) is 8.24. The Labute approximate surface area is 109 Å². The summed E-state index contributed by atoms with van der Waals surface area (Å²) < 4.78 is 13.3. The van der Waals surface area contributed by atoms with Crippen molar-refractivity contribution in [1.82, 2.24) is 4.90 Å². The Bertz CT molecular complexity index is 423. The Balaban J connectivity index is 2.33. The summed E-state index contributed by atoms with van der Waals surface area (Å²) in [6, 6.07) is 5.21. The van der Waals surface area contributed by atoms with Gasteiger partial charge < -0.3 is 10.6 Å². The number of nitrogens with zero attached hydrogens (tertiary/aromatic N) is 1. The summed E-state index contributed by atoms with van der Waals surface area (Å²) in [6.45, 7) is 1.79. The van der Waals surface area contributed by atoms with E-state index in [0.717, 1.165) is 18.4 Å². The van der Waals surface area contributed by atoms with Crippen LogP contribution in [0.1, 0.15) is 42.9 Å². The van der Waals surface area contributed by atoms with Crippen molar-refractivity contribution in [2.75, 3.05) is 14.1 Å². The lowest BCUT2D eigenvalue weighted by Crippen LogP contribution is -2.50. The smallest absolute Gasteiger partial charge is 0.126 e. The second kappa shape index (κ2) is 4.98. The van der Waals surface area contributed by atoms with Crippen LogP contribution >= 0.6 is 0 Å². The van der Waals surface area contributed by atoms with Crippen molar-refractivity contribution < 1.29 is 4.39 Å². The first-order chi connectivity index (χ1) is 8.47. The molecule has 1 atom stereocenters. The monoisotopic (exact) mass is 250 g/mol. The van der Waals surface area contributed by atoms with Crippen molar-refractivity contribution in [1.29, 1.82) is 0 Å². The topological polar surface area (TPSA) is 29.3 Å². The quantitative estimate of drug-likeness (QED) is 0.893. The number of aryl methyl sites for hydroxylation is 1. The zero-order valence-corrected chi connectivity index (χ0v) is 11.5. The average molecular weight is 250 g/mol. The van der Waals surface area contributed by atoms with Gasteiger partial charge >= 0.3 is 0 Å². The molecule has 1 unspecified atom stereocenters. The van der Waals surface area contributed by atoms with Gasteiger partial charge in [-0.25, -0.2) is 4.39 Å². The third kappa shape index (κ3) is 2.17. The number of rotatable bonds is 3. The molecule has 1 aromatic rings. The fourth-order valence-corrected chi connectivity index (χ4v) is 3.20. The molecule has 1 saturated carbocycles. The van der Waals surface area contributed by atoms with Gasteiger partial charge in [0, 0.05) is 11.6 Å². The summed E-state index contributed by atoms with van der Waals surface area (Å²) >= 11 is 0. The fourth-order valence-electron chi connectivity index (χ4n) is 3.20. The highest BCUT2D eigenvalue weighted by molar-refractivity contribution is 5.29. The first-order valence-corrected chi connectivity index (χ1v) is 6.66. The molecule has 18 heavy (non-hydrogen) atoms. The van der Waals surface area contributed by atoms with Gasteiger partial charge in [0.25, 0.3) is 0 Å². The fraction of sp³-hybridized carbons (Fsp3) is 0.600. The van der Waals surface area contributed by atoms with E-state index in [-0.39, 0.29) is 17.4 Å². The van der Waals surface area contributed by atoms with Gasteiger partial charge in [-0.3, -0.25) is 0 Å². The molecular formula is C15H23FN2. The van der Waals surface area contributed by atoms with E-state index < -0.39 is 0 Å². The summed E-state index contributed by atoms with van der Waals surface area (Å²) in [4.78, 5) is 2.25. The van der Waals surface area contributed by atoms with E-state index in [4.69, 9.17) is 5.73 Å². The molecule has 2 rings (SSSR count). The standard InChI is InChI=1S/C15H23FN2/c1-11-10-12(6-7-13(11)16)14(17)15(18(2)3)8-4-5-9-15/h6-7,10,14H,4-5,8-9,17H2,1-3H3. The van der Waals surface area contributed by atoms with E-state index in [0.29, 0.717) is 5.56 Å². The minimum atomic E-state index is -0.156. The van der Waals surface area contributed by atoms with Crippen LogP contribution in [0.4, 0.5) is 4.39 Å². The lowest BCUT2D eigenvalue weighted by Gasteiger charge is -2.41. The first kappa shape index (κ1) is 13.5. The van der Waals surface area contributed by atoms with Crippen molar-refractivity contribution in [3.8, 4) is 0 Å². The van der Waals surface area contributed by atoms with Crippen LogP contribution in [0.5, 0.6) is 0 Å². The summed E-state index contributed by atoms with van der Waals surface area (Å²) in [7, 11) is 4.20. The van der Waals surface area contributed by atoms with Crippen LogP contribution in [0.25, 0.3) is 0 Å². The molecular weight excluding hydrogens is 227 g/mol. The molecule has 0 saturated heterocycles. The van der Waals surface area contributed by atoms with Crippen LogP contribution in [0.3, 0.4) is 0 Å². The molecule has 0 bridgehead atoms. The first-order valence-electron chi connectivity index (χ1n) is 6.66. The number of hydrogen-bond acceptors (Lipinski definition) is 2. The van der Waals surface area contributed by atoms with Crippen LogP contribution in [0.15, 0.2) is 18.2 Å². The molecule has 1 aliphatic rings. The maximum atomic E-state index is 13.3. The molecule has 1 aromatic carbocycles. The molecule has 0 radical (unpaired) electrons. The minimum absolute atomic E-state index is 0.0320. The van der Waals surface area contributed by atoms with E-state index in [1.54, 1.807) is 6.92 Å². The highest BCUT2D eigenvalue weighted by atomic mass is 19.1. The second-order valence-corrected chi connectivity index (χ2v) is 5.69. The predicted molar refractivity (Wildman–Crippen MR) is 73.0 cm³/mol. The second-order valence-electron chi connectivity index (χ2n) is 5.69. The summed E-state index contributed by atoms with van der Waals surface area (Å²) in [5, 5.41) is 0. The Kier molecular flexibility index (Phi) is 3.74. The molecule has 0 aliphatic heterocycles. The minimum Gasteiger partial charge on any atom is -0.322 e. The normalized spacial score (nSPS) is 20.3. The van der Waals surface area contributed by atoms with Crippen molar-refractivity contribution in [3.63, 3.8) is 0 Å². The van der Waals surface area contributed by atoms with Gasteiger partial charge in [0.2, 0.25) is 0 Å². The van der Waals surface area contributed by atoms with E-state index in [1.165, 1.54) is 18.9 Å². The van der Waals surface area contributed by atoms with Gasteiger partial charge in [0.15, 0.2) is 0 Å². The Morgan fingerprint density at radius 1 is 1.28 bits per heavy atom. The van der Waals surface area contributed by atoms with Crippen LogP contribution in [0, 0.1) is 12.7 Å². The highest BCUT2D eigenvalue weighted by Crippen LogP contribution is 2.42. The van der Waals surface area contributed by atoms with E-state index >= 15 is 0 Å². The number of nitrogens with two attached hydrogens (primary N) is 1. The van der Waals surface area contributed by atoms with Crippen molar-refractivity contribution in [2.45, 2.75) is 44.2 Å². The van der Waals surface area contributed by atoms with Crippen LogP contribution in [-0.4, -0.2) is 24.5 Å². The van der Waals surface area contributed by atoms with Gasteiger partial charge in [0.1, 0.15) is 5.82 Å². The Morgan fingerprint density at radius 2 is 1.89 bits per heavy atom. The molecule has 1 aliphatic carbocycles. The molecule has 0 spiro atoms. The Morgan fingerprint density at radius 3 is 2.39 bits per heavy atom. The van der Waals surface area contributed by atoms with Gasteiger partial charge in [-0.05, 0) is 51.1 Å². The van der Waals surface area contributed by atoms with Gasteiger partial charge in [0.05, 0.1) is 0 Å².